The highest BCUT2D eigenvalue weighted by atomic mass is 32.2. The molecule has 0 spiro atoms. The topological polar surface area (TPSA) is 76.9 Å². The van der Waals surface area contributed by atoms with Gasteiger partial charge >= 0.3 is 0 Å². The molecule has 0 fully saturated rings. The third kappa shape index (κ3) is 2.98. The van der Waals surface area contributed by atoms with Crippen molar-refractivity contribution in [2.24, 2.45) is 7.05 Å². The molecule has 2 aromatic rings. The Bertz CT molecular complexity index is 648. The van der Waals surface area contributed by atoms with Gasteiger partial charge in [-0.2, -0.15) is 0 Å². The molecule has 0 bridgehead atoms. The van der Waals surface area contributed by atoms with Crippen LogP contribution < -0.4 is 5.32 Å². The van der Waals surface area contributed by atoms with Crippen molar-refractivity contribution < 1.29 is 8.42 Å². The van der Waals surface area contributed by atoms with Crippen LogP contribution in [0.2, 0.25) is 0 Å². The largest absolute Gasteiger partial charge is 0.368 e. The van der Waals surface area contributed by atoms with Crippen molar-refractivity contribution in [2.45, 2.75) is 6.42 Å². The third-order valence-electron chi connectivity index (χ3n) is 2.63. The summed E-state index contributed by atoms with van der Waals surface area (Å²) in [6, 6.07) is 1.89. The first-order valence-electron chi connectivity index (χ1n) is 5.65. The lowest BCUT2D eigenvalue weighted by Crippen LogP contribution is -2.10. The van der Waals surface area contributed by atoms with Crippen LogP contribution in [0.25, 0.3) is 11.0 Å². The molecule has 98 valence electrons. The molecule has 0 saturated heterocycles. The van der Waals surface area contributed by atoms with Crippen LogP contribution in [0.15, 0.2) is 18.6 Å². The SMILES string of the molecule is Cn1cnc2c(NCCCS(C)(=O)=O)nccc21. The average molecular weight is 268 g/mol. The zero-order valence-electron chi connectivity index (χ0n) is 10.4. The Hall–Kier alpha value is -1.63. The van der Waals surface area contributed by atoms with Gasteiger partial charge in [-0.05, 0) is 12.5 Å². The molecule has 18 heavy (non-hydrogen) atoms. The smallest absolute Gasteiger partial charge is 0.154 e. The van der Waals surface area contributed by atoms with Crippen molar-refractivity contribution in [2.75, 3.05) is 23.9 Å². The molecule has 6 nitrogen and oxygen atoms in total. The van der Waals surface area contributed by atoms with E-state index in [-0.39, 0.29) is 5.75 Å². The second-order valence-corrected chi connectivity index (χ2v) is 6.55. The van der Waals surface area contributed by atoms with Gasteiger partial charge in [-0.15, -0.1) is 0 Å². The van der Waals surface area contributed by atoms with Crippen LogP contribution in [0.3, 0.4) is 0 Å². The predicted octanol–water partition coefficient (Wildman–Crippen LogP) is 0.815. The summed E-state index contributed by atoms with van der Waals surface area (Å²) in [5.74, 6) is 0.875. The normalized spacial score (nSPS) is 11.9. The molecule has 0 atom stereocenters. The number of sulfone groups is 1. The van der Waals surface area contributed by atoms with Crippen molar-refractivity contribution in [1.82, 2.24) is 14.5 Å². The minimum absolute atomic E-state index is 0.179. The lowest BCUT2D eigenvalue weighted by atomic mass is 10.3. The van der Waals surface area contributed by atoms with Crippen molar-refractivity contribution >= 4 is 26.7 Å². The van der Waals surface area contributed by atoms with Crippen LogP contribution in [0.5, 0.6) is 0 Å². The highest BCUT2D eigenvalue weighted by Crippen LogP contribution is 2.18. The molecule has 0 unspecified atom stereocenters. The molecule has 7 heteroatoms. The van der Waals surface area contributed by atoms with Gasteiger partial charge in [0.05, 0.1) is 17.6 Å². The number of aryl methyl sites for hydroxylation is 1. The molecule has 0 aromatic carbocycles. The fourth-order valence-electron chi connectivity index (χ4n) is 1.73. The van der Waals surface area contributed by atoms with Gasteiger partial charge in [-0.25, -0.2) is 18.4 Å². The summed E-state index contributed by atoms with van der Waals surface area (Å²) >= 11 is 0. The number of aromatic nitrogens is 3. The molecular formula is C11H16N4O2S. The Balaban J connectivity index is 2.04. The van der Waals surface area contributed by atoms with Crippen LogP contribution in [0, 0.1) is 0 Å². The summed E-state index contributed by atoms with van der Waals surface area (Å²) in [6.07, 6.45) is 5.24. The van der Waals surface area contributed by atoms with Crippen LogP contribution in [0.1, 0.15) is 6.42 Å². The first-order valence-corrected chi connectivity index (χ1v) is 7.71. The zero-order valence-corrected chi connectivity index (χ0v) is 11.2. The number of hydrogen-bond acceptors (Lipinski definition) is 5. The van der Waals surface area contributed by atoms with Gasteiger partial charge in [-0.1, -0.05) is 0 Å². The van der Waals surface area contributed by atoms with E-state index in [1.165, 1.54) is 6.26 Å². The summed E-state index contributed by atoms with van der Waals surface area (Å²) in [5.41, 5.74) is 1.80. The molecule has 0 aliphatic rings. The fourth-order valence-corrected chi connectivity index (χ4v) is 2.40. The molecular weight excluding hydrogens is 252 g/mol. The van der Waals surface area contributed by atoms with E-state index < -0.39 is 9.84 Å². The Morgan fingerprint density at radius 2 is 2.17 bits per heavy atom. The summed E-state index contributed by atoms with van der Waals surface area (Å²) in [5, 5.41) is 3.12. The summed E-state index contributed by atoms with van der Waals surface area (Å²) in [7, 11) is -0.978. The van der Waals surface area contributed by atoms with Crippen molar-refractivity contribution in [3.63, 3.8) is 0 Å². The third-order valence-corrected chi connectivity index (χ3v) is 3.66. The number of fused-ring (bicyclic) bond motifs is 1. The van der Waals surface area contributed by atoms with E-state index in [1.54, 1.807) is 12.5 Å². The first-order chi connectivity index (χ1) is 8.47. The Morgan fingerprint density at radius 1 is 1.39 bits per heavy atom. The van der Waals surface area contributed by atoms with Gasteiger partial charge < -0.3 is 9.88 Å². The van der Waals surface area contributed by atoms with E-state index in [0.717, 1.165) is 11.0 Å². The molecule has 0 aliphatic heterocycles. The quantitative estimate of drug-likeness (QED) is 0.812. The van der Waals surface area contributed by atoms with Crippen molar-refractivity contribution in [1.29, 1.82) is 0 Å². The molecule has 2 heterocycles. The summed E-state index contributed by atoms with van der Waals surface area (Å²) in [4.78, 5) is 8.48. The monoisotopic (exact) mass is 268 g/mol. The summed E-state index contributed by atoms with van der Waals surface area (Å²) in [6.45, 7) is 0.565. The van der Waals surface area contributed by atoms with E-state index >= 15 is 0 Å². The van der Waals surface area contributed by atoms with Crippen LogP contribution >= 0.6 is 0 Å². The Labute approximate surface area is 106 Å². The zero-order chi connectivity index (χ0) is 13.2. The van der Waals surface area contributed by atoms with Crippen molar-refractivity contribution in [3.8, 4) is 0 Å². The maximum absolute atomic E-state index is 11.0. The Kier molecular flexibility index (Phi) is 3.51. The second-order valence-electron chi connectivity index (χ2n) is 4.29. The number of nitrogens with one attached hydrogen (secondary N) is 1. The summed E-state index contributed by atoms with van der Waals surface area (Å²) < 4.78 is 23.9. The van der Waals surface area contributed by atoms with E-state index in [0.29, 0.717) is 18.8 Å². The van der Waals surface area contributed by atoms with E-state index in [4.69, 9.17) is 0 Å². The Morgan fingerprint density at radius 3 is 2.89 bits per heavy atom. The fraction of sp³-hybridized carbons (Fsp3) is 0.455. The molecule has 1 N–H and O–H groups in total. The number of anilines is 1. The van der Waals surface area contributed by atoms with Gasteiger partial charge in [0.15, 0.2) is 5.82 Å². The maximum Gasteiger partial charge on any atom is 0.154 e. The minimum Gasteiger partial charge on any atom is -0.368 e. The van der Waals surface area contributed by atoms with Gasteiger partial charge in [0.1, 0.15) is 15.4 Å². The number of hydrogen-bond donors (Lipinski definition) is 1. The number of imidazole rings is 1. The number of rotatable bonds is 5. The van der Waals surface area contributed by atoms with Gasteiger partial charge in [0.2, 0.25) is 0 Å². The molecule has 2 aromatic heterocycles. The number of nitrogens with zero attached hydrogens (tertiary/aromatic N) is 3. The van der Waals surface area contributed by atoms with E-state index in [2.05, 4.69) is 15.3 Å². The van der Waals surface area contributed by atoms with Gasteiger partial charge in [-0.3, -0.25) is 0 Å². The second kappa shape index (κ2) is 4.93. The molecule has 0 radical (unpaired) electrons. The molecule has 0 saturated carbocycles. The highest BCUT2D eigenvalue weighted by molar-refractivity contribution is 7.90. The maximum atomic E-state index is 11.0. The van der Waals surface area contributed by atoms with Gasteiger partial charge in [0.25, 0.3) is 0 Å². The van der Waals surface area contributed by atoms with Gasteiger partial charge in [0, 0.05) is 26.0 Å². The van der Waals surface area contributed by atoms with E-state index in [1.807, 2.05) is 17.7 Å². The van der Waals surface area contributed by atoms with Crippen LogP contribution in [0.4, 0.5) is 5.82 Å². The minimum atomic E-state index is -2.90. The van der Waals surface area contributed by atoms with E-state index in [9.17, 15) is 8.42 Å². The van der Waals surface area contributed by atoms with Crippen LogP contribution in [-0.2, 0) is 16.9 Å². The number of pyridine rings is 1. The standard InChI is InChI=1S/C11H16N4O2S/c1-15-8-14-10-9(15)4-6-13-11(10)12-5-3-7-18(2,16)17/h4,6,8H,3,5,7H2,1-2H3,(H,12,13). The highest BCUT2D eigenvalue weighted by Gasteiger charge is 2.06. The lowest BCUT2D eigenvalue weighted by Gasteiger charge is -2.05. The molecule has 0 amide bonds. The van der Waals surface area contributed by atoms with Crippen molar-refractivity contribution in [3.05, 3.63) is 18.6 Å². The first kappa shape index (κ1) is 12.8. The molecule has 0 aliphatic carbocycles. The molecule has 2 rings (SSSR count). The lowest BCUT2D eigenvalue weighted by molar-refractivity contribution is 0.600. The predicted molar refractivity (Wildman–Crippen MR) is 71.3 cm³/mol. The average Bonchev–Trinajstić information content (AvgIpc) is 2.67. The van der Waals surface area contributed by atoms with Crippen LogP contribution in [-0.4, -0.2) is 41.5 Å².